The summed E-state index contributed by atoms with van der Waals surface area (Å²) < 4.78 is 5.79. The van der Waals surface area contributed by atoms with E-state index in [-0.39, 0.29) is 11.9 Å². The number of nitrogens with one attached hydrogen (secondary N) is 2. The number of anilines is 2. The van der Waals surface area contributed by atoms with E-state index in [1.807, 2.05) is 85.6 Å². The maximum atomic E-state index is 13.3. The molecule has 4 aliphatic heterocycles. The number of benzene rings is 3. The van der Waals surface area contributed by atoms with Crippen molar-refractivity contribution in [1.82, 2.24) is 50.0 Å². The van der Waals surface area contributed by atoms with Gasteiger partial charge >= 0.3 is 6.03 Å². The number of aromatic amines is 1. The van der Waals surface area contributed by atoms with Crippen LogP contribution in [0.4, 0.5) is 16.3 Å². The molecule has 9 rings (SSSR count). The Balaban J connectivity index is 0.000000237. The minimum absolute atomic E-state index is 0.255. The Morgan fingerprint density at radius 3 is 2.20 bits per heavy atom. The van der Waals surface area contributed by atoms with Crippen molar-refractivity contribution in [3.8, 4) is 22.8 Å². The van der Waals surface area contributed by atoms with E-state index in [2.05, 4.69) is 56.0 Å². The molecule has 0 bridgehead atoms. The van der Waals surface area contributed by atoms with Gasteiger partial charge in [-0.2, -0.15) is 5.10 Å². The van der Waals surface area contributed by atoms with E-state index in [0.29, 0.717) is 48.4 Å². The number of likely N-dealkylation sites (tertiary alicyclic amines) is 3. The van der Waals surface area contributed by atoms with Crippen LogP contribution in [0.5, 0.6) is 11.5 Å². The highest BCUT2D eigenvalue weighted by Gasteiger charge is 2.32. The number of aromatic nitrogens is 4. The highest BCUT2D eigenvalue weighted by Crippen LogP contribution is 2.31. The van der Waals surface area contributed by atoms with Crippen molar-refractivity contribution in [2.45, 2.75) is 83.3 Å². The summed E-state index contributed by atoms with van der Waals surface area (Å²) in [4.78, 5) is 70.4. The van der Waals surface area contributed by atoms with Gasteiger partial charge in [0.1, 0.15) is 29.9 Å². The number of aldehydes is 1. The molecule has 4 saturated heterocycles. The van der Waals surface area contributed by atoms with Crippen LogP contribution in [-0.2, 0) is 16.1 Å². The van der Waals surface area contributed by atoms with Gasteiger partial charge in [-0.3, -0.25) is 34.6 Å². The van der Waals surface area contributed by atoms with Crippen LogP contribution in [-0.4, -0.2) is 160 Å². The first kappa shape index (κ1) is 50.0. The predicted molar refractivity (Wildman–Crippen MR) is 273 cm³/mol. The van der Waals surface area contributed by atoms with Crippen LogP contribution in [0.3, 0.4) is 0 Å². The first-order valence-electron chi connectivity index (χ1n) is 25.3. The summed E-state index contributed by atoms with van der Waals surface area (Å²) >= 11 is 0. The number of carbonyl (C=O) groups excluding carboxylic acids is 4. The number of likely N-dealkylation sites (N-methyl/N-ethyl adjacent to an activating group) is 1. The van der Waals surface area contributed by atoms with Gasteiger partial charge in [-0.15, -0.1) is 0 Å². The molecule has 17 nitrogen and oxygen atoms in total. The third kappa shape index (κ3) is 12.7. The number of piperazine rings is 1. The monoisotopic (exact) mass is 955 g/mol. The number of carbonyl (C=O) groups is 4. The first-order valence-corrected chi connectivity index (χ1v) is 25.3. The largest absolute Gasteiger partial charge is 0.457 e. The van der Waals surface area contributed by atoms with Gasteiger partial charge in [0, 0.05) is 88.3 Å². The number of amides is 4. The number of nitrogens with zero attached hydrogens (tertiary/aromatic N) is 9. The summed E-state index contributed by atoms with van der Waals surface area (Å²) in [6.07, 6.45) is 12.6. The van der Waals surface area contributed by atoms with Crippen LogP contribution in [0.25, 0.3) is 22.3 Å². The fourth-order valence-electron chi connectivity index (χ4n) is 10.6. The topological polar surface area (TPSA) is 189 Å². The van der Waals surface area contributed by atoms with E-state index in [9.17, 15) is 19.2 Å². The second-order valence-corrected chi connectivity index (χ2v) is 19.2. The fourth-order valence-corrected chi connectivity index (χ4v) is 10.6. The molecule has 0 aliphatic carbocycles. The number of imide groups is 1. The number of urea groups is 1. The average molecular weight is 955 g/mol. The molecule has 6 heterocycles. The van der Waals surface area contributed by atoms with Crippen molar-refractivity contribution >= 4 is 47.2 Å². The molecule has 0 radical (unpaired) electrons. The van der Waals surface area contributed by atoms with E-state index in [0.717, 1.165) is 137 Å². The van der Waals surface area contributed by atoms with Gasteiger partial charge < -0.3 is 30.1 Å². The third-order valence-corrected chi connectivity index (χ3v) is 14.6. The number of hydrogen-bond acceptors (Lipinski definition) is 13. The van der Waals surface area contributed by atoms with Crippen LogP contribution < -0.4 is 20.7 Å². The molecule has 2 aromatic heterocycles. The molecule has 4 N–H and O–H groups in total. The Morgan fingerprint density at radius 1 is 0.843 bits per heavy atom. The van der Waals surface area contributed by atoms with Gasteiger partial charge in [-0.05, 0) is 131 Å². The summed E-state index contributed by atoms with van der Waals surface area (Å²) in [6, 6.07) is 23.8. The number of nitrogen functional groups attached to an aromatic ring is 1. The molecule has 17 heteroatoms. The van der Waals surface area contributed by atoms with Crippen LogP contribution in [0.2, 0.25) is 0 Å². The molecule has 0 spiro atoms. The number of fused-ring (bicyclic) bond motifs is 1. The predicted octanol–water partition coefficient (Wildman–Crippen LogP) is 6.67. The first-order chi connectivity index (χ1) is 34.2. The molecule has 4 aliphatic rings. The van der Waals surface area contributed by atoms with Crippen molar-refractivity contribution < 1.29 is 23.9 Å². The van der Waals surface area contributed by atoms with E-state index in [1.165, 1.54) is 38.7 Å². The van der Waals surface area contributed by atoms with E-state index >= 15 is 0 Å². The van der Waals surface area contributed by atoms with Gasteiger partial charge in [0.05, 0.1) is 17.1 Å². The van der Waals surface area contributed by atoms with Gasteiger partial charge in [0.15, 0.2) is 5.65 Å². The molecule has 0 saturated carbocycles. The van der Waals surface area contributed by atoms with Gasteiger partial charge in [0.2, 0.25) is 12.3 Å². The number of piperidine rings is 3. The lowest BCUT2D eigenvalue weighted by molar-refractivity contribution is -0.129. The zero-order valence-electron chi connectivity index (χ0n) is 40.9. The molecule has 70 heavy (non-hydrogen) atoms. The van der Waals surface area contributed by atoms with Crippen molar-refractivity contribution in [3.63, 3.8) is 0 Å². The number of para-hydroxylation sites is 1. The smallest absolute Gasteiger partial charge is 0.319 e. The van der Waals surface area contributed by atoms with Crippen LogP contribution in [0, 0.1) is 5.92 Å². The minimum Gasteiger partial charge on any atom is -0.457 e. The quantitative estimate of drug-likeness (QED) is 0.0945. The third-order valence-electron chi connectivity index (χ3n) is 14.6. The highest BCUT2D eigenvalue weighted by atomic mass is 16.5. The lowest BCUT2D eigenvalue weighted by Crippen LogP contribution is -2.53. The Hall–Kier alpha value is -6.43. The molecule has 372 valence electrons. The fraction of sp³-hybridized carbons (Fsp3) is 0.491. The van der Waals surface area contributed by atoms with Crippen LogP contribution in [0.1, 0.15) is 80.6 Å². The van der Waals surface area contributed by atoms with E-state index in [4.69, 9.17) is 10.5 Å². The van der Waals surface area contributed by atoms with Gasteiger partial charge in [-0.25, -0.2) is 14.8 Å². The summed E-state index contributed by atoms with van der Waals surface area (Å²) in [5.41, 5.74) is 10.8. The number of H-pyrrole nitrogens is 1. The number of hydrogen-bond donors (Lipinski definition) is 3. The Labute approximate surface area is 411 Å². The summed E-state index contributed by atoms with van der Waals surface area (Å²) in [7, 11) is 1.87. The molecular formula is C53H70N12O5. The van der Waals surface area contributed by atoms with Crippen LogP contribution in [0.15, 0.2) is 79.1 Å². The lowest BCUT2D eigenvalue weighted by Gasteiger charge is -2.43. The van der Waals surface area contributed by atoms with Crippen LogP contribution >= 0.6 is 0 Å². The highest BCUT2D eigenvalue weighted by molar-refractivity contribution is 5.97. The molecule has 4 fully saturated rings. The van der Waals surface area contributed by atoms with E-state index < -0.39 is 6.04 Å². The second-order valence-electron chi connectivity index (χ2n) is 19.2. The maximum absolute atomic E-state index is 13.3. The molecule has 3 aromatic carbocycles. The number of rotatable bonds is 15. The molecule has 1 unspecified atom stereocenters. The summed E-state index contributed by atoms with van der Waals surface area (Å²) in [5, 5.41) is 10.1. The lowest BCUT2D eigenvalue weighted by atomic mass is 9.95. The molecular weight excluding hydrogens is 885 g/mol. The number of ether oxygens (including phenoxy) is 1. The Morgan fingerprint density at radius 2 is 1.53 bits per heavy atom. The Kier molecular flexibility index (Phi) is 17.4. The summed E-state index contributed by atoms with van der Waals surface area (Å²) in [6.45, 7) is 13.4. The maximum Gasteiger partial charge on any atom is 0.319 e. The minimum atomic E-state index is -0.441. The Bertz CT molecular complexity index is 2480. The second kappa shape index (κ2) is 24.4. The zero-order valence-corrected chi connectivity index (χ0v) is 40.9. The normalized spacial score (nSPS) is 18.0. The van der Waals surface area contributed by atoms with Crippen molar-refractivity contribution in [2.24, 2.45) is 5.92 Å². The molecule has 5 aromatic rings. The molecule has 1 atom stereocenters. The average Bonchev–Trinajstić information content (AvgIpc) is 3.85. The van der Waals surface area contributed by atoms with Crippen molar-refractivity contribution in [1.29, 1.82) is 0 Å². The standard InChI is InChI=1S/C36H57N7O4.C17H13N5O/c1-3-7-34(35(46)37-28-45)38(2)26-31-24-33(9-8-30(31)27-44)41-22-20-39(21-23-41)25-29-10-16-42(17-11-29)36(47)43-18-12-32(13-19-43)40-14-5-4-6-15-40;18-16-14-15(21-22-17(14)20-10-19-16)11-6-8-13(9-7-11)23-12-4-2-1-3-5-12/h8-9,24,27-29,32,34H,3-7,10-23,25-26H2,1-2H3,(H,37,45,46);1-10H,(H3,18,19,20,21,22). The van der Waals surface area contributed by atoms with Crippen molar-refractivity contribution in [2.75, 3.05) is 89.7 Å². The van der Waals surface area contributed by atoms with Gasteiger partial charge in [0.25, 0.3) is 0 Å². The van der Waals surface area contributed by atoms with Crippen molar-refractivity contribution in [3.05, 3.63) is 90.3 Å². The number of nitrogens with two attached hydrogens (primary N) is 1. The SMILES string of the molecule is CCCC(C(=O)NC=O)N(C)Cc1cc(N2CCN(CC3CCN(C(=O)N4CCC(N5CCCCC5)CC4)CC3)CC2)ccc1C=O.Nc1ncnc2n[nH]c(-c3ccc(Oc4ccccc4)cc3)c12. The molecule has 4 amide bonds. The van der Waals surface area contributed by atoms with E-state index in [1.54, 1.807) is 0 Å². The summed E-state index contributed by atoms with van der Waals surface area (Å²) in [5.74, 6) is 2.27. The van der Waals surface area contributed by atoms with Gasteiger partial charge in [-0.1, -0.05) is 38.0 Å². The zero-order chi connectivity index (χ0) is 48.8.